The molecule has 1 atom stereocenters. The molecular weight excluding hydrogens is 440 g/mol. The first-order chi connectivity index (χ1) is 15.9. The summed E-state index contributed by atoms with van der Waals surface area (Å²) < 4.78 is 9.24. The van der Waals surface area contributed by atoms with Crippen molar-refractivity contribution in [3.63, 3.8) is 0 Å². The molecule has 1 aliphatic rings. The molecule has 0 aliphatic carbocycles. The Hall–Kier alpha value is -2.77. The minimum absolute atomic E-state index is 0.0153. The lowest BCUT2D eigenvalue weighted by Crippen LogP contribution is -2.36. The molecule has 0 saturated carbocycles. The maximum atomic E-state index is 13.4. The van der Waals surface area contributed by atoms with Crippen molar-refractivity contribution in [1.82, 2.24) is 19.6 Å². The van der Waals surface area contributed by atoms with Crippen molar-refractivity contribution >= 4 is 23.0 Å². The highest BCUT2D eigenvalue weighted by Gasteiger charge is 2.17. The number of nitrogens with zero attached hydrogens (tertiary/aromatic N) is 2. The number of piperidine rings is 1. The van der Waals surface area contributed by atoms with Gasteiger partial charge in [-0.2, -0.15) is 0 Å². The van der Waals surface area contributed by atoms with Crippen LogP contribution in [0.3, 0.4) is 0 Å². The maximum absolute atomic E-state index is 13.4. The lowest BCUT2D eigenvalue weighted by molar-refractivity contribution is -0.122. The van der Waals surface area contributed by atoms with Crippen LogP contribution in [-0.2, 0) is 11.3 Å². The maximum Gasteiger partial charge on any atom is 0.275 e. The van der Waals surface area contributed by atoms with Gasteiger partial charge in [0.15, 0.2) is 0 Å². The van der Waals surface area contributed by atoms with E-state index in [2.05, 4.69) is 10.6 Å². The SMILES string of the molecule is CC(C)NC(=O)Cn1c(-c2cccc(Cl)c2)cn2cc(OCCC3CCCCN3)cc2c1=O. The highest BCUT2D eigenvalue weighted by molar-refractivity contribution is 6.30. The van der Waals surface area contributed by atoms with Gasteiger partial charge in [0.05, 0.1) is 18.5 Å². The van der Waals surface area contributed by atoms with E-state index in [4.69, 9.17) is 16.3 Å². The predicted molar refractivity (Wildman–Crippen MR) is 131 cm³/mol. The molecule has 8 heteroatoms. The number of nitrogens with one attached hydrogen (secondary N) is 2. The quantitative estimate of drug-likeness (QED) is 0.524. The lowest BCUT2D eigenvalue weighted by Gasteiger charge is -2.23. The number of halogens is 1. The fourth-order valence-corrected chi connectivity index (χ4v) is 4.49. The fraction of sp³-hybridized carbons (Fsp3) is 0.440. The molecular formula is C25H31ClN4O3. The van der Waals surface area contributed by atoms with Crippen LogP contribution in [0.1, 0.15) is 39.5 Å². The van der Waals surface area contributed by atoms with Gasteiger partial charge in [-0.3, -0.25) is 14.2 Å². The molecule has 1 fully saturated rings. The molecule has 176 valence electrons. The Morgan fingerprint density at radius 1 is 1.27 bits per heavy atom. The minimum atomic E-state index is -0.254. The number of hydrogen-bond donors (Lipinski definition) is 2. The molecule has 1 aromatic carbocycles. The van der Waals surface area contributed by atoms with Gasteiger partial charge >= 0.3 is 0 Å². The Balaban J connectivity index is 1.64. The average Bonchev–Trinajstić information content (AvgIpc) is 3.19. The van der Waals surface area contributed by atoms with E-state index >= 15 is 0 Å². The van der Waals surface area contributed by atoms with Crippen LogP contribution in [0.2, 0.25) is 5.02 Å². The van der Waals surface area contributed by atoms with E-state index in [9.17, 15) is 9.59 Å². The van der Waals surface area contributed by atoms with Crippen LogP contribution in [0.25, 0.3) is 16.8 Å². The molecule has 1 unspecified atom stereocenters. The Kier molecular flexibility index (Phi) is 7.40. The van der Waals surface area contributed by atoms with Crippen molar-refractivity contribution in [2.45, 2.75) is 58.2 Å². The van der Waals surface area contributed by atoms with Crippen molar-refractivity contribution in [3.05, 3.63) is 58.1 Å². The van der Waals surface area contributed by atoms with Gasteiger partial charge in [0.1, 0.15) is 17.8 Å². The number of ether oxygens (including phenoxy) is 1. The van der Waals surface area contributed by atoms with E-state index in [1.165, 1.54) is 23.8 Å². The number of carbonyl (C=O) groups is 1. The number of benzene rings is 1. The highest BCUT2D eigenvalue weighted by atomic mass is 35.5. The Morgan fingerprint density at radius 3 is 2.85 bits per heavy atom. The second-order valence-corrected chi connectivity index (χ2v) is 9.33. The van der Waals surface area contributed by atoms with Crippen molar-refractivity contribution in [1.29, 1.82) is 0 Å². The first-order valence-electron chi connectivity index (χ1n) is 11.6. The number of fused-ring (bicyclic) bond motifs is 1. The van der Waals surface area contributed by atoms with Gasteiger partial charge in [-0.25, -0.2) is 0 Å². The summed E-state index contributed by atoms with van der Waals surface area (Å²) in [6.45, 7) is 5.35. The molecule has 4 rings (SSSR count). The molecule has 7 nitrogen and oxygen atoms in total. The molecule has 2 N–H and O–H groups in total. The zero-order valence-corrected chi connectivity index (χ0v) is 19.9. The molecule has 1 amide bonds. The molecule has 3 aromatic rings. The number of rotatable bonds is 8. The highest BCUT2D eigenvalue weighted by Crippen LogP contribution is 2.24. The molecule has 1 aliphatic heterocycles. The third-order valence-electron chi connectivity index (χ3n) is 5.86. The van der Waals surface area contributed by atoms with Gasteiger partial charge in [0, 0.05) is 34.9 Å². The van der Waals surface area contributed by atoms with Crippen molar-refractivity contribution in [2.24, 2.45) is 0 Å². The second kappa shape index (κ2) is 10.4. The van der Waals surface area contributed by atoms with Gasteiger partial charge < -0.3 is 19.8 Å². The lowest BCUT2D eigenvalue weighted by atomic mass is 10.0. The number of amides is 1. The molecule has 1 saturated heterocycles. The Labute approximate surface area is 198 Å². The minimum Gasteiger partial charge on any atom is -0.492 e. The van der Waals surface area contributed by atoms with Gasteiger partial charge in [-0.15, -0.1) is 0 Å². The molecule has 2 aromatic heterocycles. The van der Waals surface area contributed by atoms with Crippen molar-refractivity contribution in [3.8, 4) is 17.0 Å². The Bertz CT molecular complexity index is 1180. The van der Waals surface area contributed by atoms with E-state index in [1.54, 1.807) is 22.6 Å². The zero-order valence-electron chi connectivity index (χ0n) is 19.1. The Morgan fingerprint density at radius 2 is 2.12 bits per heavy atom. The largest absolute Gasteiger partial charge is 0.492 e. The van der Waals surface area contributed by atoms with Crippen LogP contribution in [0.4, 0.5) is 0 Å². The van der Waals surface area contributed by atoms with E-state index < -0.39 is 0 Å². The molecule has 0 spiro atoms. The molecule has 3 heterocycles. The second-order valence-electron chi connectivity index (χ2n) is 8.89. The van der Waals surface area contributed by atoms with Gasteiger partial charge in [0.25, 0.3) is 5.56 Å². The third kappa shape index (κ3) is 5.78. The molecule has 0 bridgehead atoms. The van der Waals surface area contributed by atoms with E-state index in [0.29, 0.717) is 34.6 Å². The van der Waals surface area contributed by atoms with Crippen LogP contribution in [0.15, 0.2) is 47.5 Å². The van der Waals surface area contributed by atoms with Gasteiger partial charge in [-0.05, 0) is 51.8 Å². The predicted octanol–water partition coefficient (Wildman–Crippen LogP) is 3.86. The van der Waals surface area contributed by atoms with Gasteiger partial charge in [0.2, 0.25) is 5.91 Å². The van der Waals surface area contributed by atoms with E-state index in [1.807, 2.05) is 38.4 Å². The summed E-state index contributed by atoms with van der Waals surface area (Å²) >= 11 is 6.21. The smallest absolute Gasteiger partial charge is 0.275 e. The van der Waals surface area contributed by atoms with Crippen LogP contribution in [0, 0.1) is 0 Å². The topological polar surface area (TPSA) is 76.8 Å². The molecule has 33 heavy (non-hydrogen) atoms. The third-order valence-corrected chi connectivity index (χ3v) is 6.09. The zero-order chi connectivity index (χ0) is 23.4. The summed E-state index contributed by atoms with van der Waals surface area (Å²) in [5, 5.41) is 6.94. The van der Waals surface area contributed by atoms with Gasteiger partial charge in [-0.1, -0.05) is 30.2 Å². The summed E-state index contributed by atoms with van der Waals surface area (Å²) in [6.07, 6.45) is 8.26. The fourth-order valence-electron chi connectivity index (χ4n) is 4.30. The number of aromatic nitrogens is 2. The first-order valence-corrected chi connectivity index (χ1v) is 12.0. The monoisotopic (exact) mass is 470 g/mol. The summed E-state index contributed by atoms with van der Waals surface area (Å²) in [7, 11) is 0. The van der Waals surface area contributed by atoms with Crippen molar-refractivity contribution < 1.29 is 9.53 Å². The first kappa shape index (κ1) is 23.4. The number of hydrogen-bond acceptors (Lipinski definition) is 4. The van der Waals surface area contributed by atoms with Crippen LogP contribution < -0.4 is 20.9 Å². The summed E-state index contributed by atoms with van der Waals surface area (Å²) in [5.41, 5.74) is 1.58. The van der Waals surface area contributed by atoms with Crippen molar-refractivity contribution in [2.75, 3.05) is 13.2 Å². The summed E-state index contributed by atoms with van der Waals surface area (Å²) in [6, 6.07) is 9.49. The number of carbonyl (C=O) groups excluding carboxylic acids is 1. The average molecular weight is 471 g/mol. The van der Waals surface area contributed by atoms with E-state index in [0.717, 1.165) is 18.5 Å². The van der Waals surface area contributed by atoms with E-state index in [-0.39, 0.29) is 24.1 Å². The standard InChI is InChI=1S/C25H31ClN4O3/c1-17(2)28-24(31)16-30-23(18-6-5-7-19(26)12-18)15-29-14-21(13-22(29)25(30)32)33-11-9-20-8-3-4-10-27-20/h5-7,12-15,17,20,27H,3-4,8-11,16H2,1-2H3,(H,28,31). The molecule has 0 radical (unpaired) electrons. The van der Waals surface area contributed by atoms with Crippen LogP contribution in [-0.4, -0.2) is 40.1 Å². The van der Waals surface area contributed by atoms with Crippen LogP contribution >= 0.6 is 11.6 Å². The summed E-state index contributed by atoms with van der Waals surface area (Å²) in [5.74, 6) is 0.423. The normalized spacial score (nSPS) is 16.3. The summed E-state index contributed by atoms with van der Waals surface area (Å²) in [4.78, 5) is 26.0. The van der Waals surface area contributed by atoms with Crippen LogP contribution in [0.5, 0.6) is 5.75 Å².